The van der Waals surface area contributed by atoms with Crippen LogP contribution in [0.4, 0.5) is 5.95 Å². The van der Waals surface area contributed by atoms with Crippen LogP contribution >= 0.6 is 0 Å². The molecule has 0 radical (unpaired) electrons. The van der Waals surface area contributed by atoms with Gasteiger partial charge < -0.3 is 10.7 Å². The number of anilines is 1. The van der Waals surface area contributed by atoms with E-state index < -0.39 is 15.3 Å². The first-order valence-corrected chi connectivity index (χ1v) is 12.7. The zero-order valence-corrected chi connectivity index (χ0v) is 20.9. The molecule has 2 heterocycles. The Kier molecular flexibility index (Phi) is 6.48. The molecule has 0 aliphatic rings. The average molecular weight is 482 g/mol. The lowest BCUT2D eigenvalue weighted by atomic mass is 10.0. The van der Waals surface area contributed by atoms with E-state index in [-0.39, 0.29) is 12.1 Å². The predicted octanol–water partition coefficient (Wildman–Crippen LogP) is 3.26. The maximum atomic E-state index is 13.0. The fourth-order valence-electron chi connectivity index (χ4n) is 3.65. The summed E-state index contributed by atoms with van der Waals surface area (Å²) >= 11 is 0. The SMILES string of the molecule is CC(NCc1nc(-c2ccc3nc(N)n(S(=O)(=O)C(C)C)c3c2)c(-c2ccccc2)[nH]1)N(C)C. The highest BCUT2D eigenvalue weighted by molar-refractivity contribution is 7.90. The Hall–Kier alpha value is -3.21. The van der Waals surface area contributed by atoms with Crippen LogP contribution in [0.2, 0.25) is 0 Å². The topological polar surface area (TPSA) is 122 Å². The first kappa shape index (κ1) is 23.9. The summed E-state index contributed by atoms with van der Waals surface area (Å²) in [6.07, 6.45) is 0.170. The maximum Gasteiger partial charge on any atom is 0.244 e. The number of hydrogen-bond donors (Lipinski definition) is 3. The quantitative estimate of drug-likeness (QED) is 0.330. The van der Waals surface area contributed by atoms with Crippen molar-refractivity contribution >= 4 is 27.0 Å². The lowest BCUT2D eigenvalue weighted by Gasteiger charge is -2.20. The fourth-order valence-corrected chi connectivity index (χ4v) is 4.80. The van der Waals surface area contributed by atoms with Gasteiger partial charge in [-0.3, -0.25) is 10.2 Å². The van der Waals surface area contributed by atoms with Crippen LogP contribution in [0.5, 0.6) is 0 Å². The molecule has 0 bridgehead atoms. The molecule has 2 aromatic carbocycles. The van der Waals surface area contributed by atoms with Crippen molar-refractivity contribution in [2.75, 3.05) is 19.8 Å². The third-order valence-electron chi connectivity index (χ3n) is 5.92. The number of imidazole rings is 2. The summed E-state index contributed by atoms with van der Waals surface area (Å²) in [6.45, 7) is 5.88. The van der Waals surface area contributed by atoms with Crippen molar-refractivity contribution in [3.05, 3.63) is 54.4 Å². The van der Waals surface area contributed by atoms with E-state index in [9.17, 15) is 8.42 Å². The molecule has 0 amide bonds. The van der Waals surface area contributed by atoms with Crippen molar-refractivity contribution in [3.8, 4) is 22.5 Å². The van der Waals surface area contributed by atoms with Gasteiger partial charge in [0.25, 0.3) is 0 Å². The van der Waals surface area contributed by atoms with Gasteiger partial charge in [-0.2, -0.15) is 0 Å². The van der Waals surface area contributed by atoms with Crippen LogP contribution in [0.3, 0.4) is 0 Å². The van der Waals surface area contributed by atoms with Gasteiger partial charge in [0.2, 0.25) is 16.0 Å². The van der Waals surface area contributed by atoms with Crippen LogP contribution in [-0.2, 0) is 16.6 Å². The van der Waals surface area contributed by atoms with Crippen molar-refractivity contribution in [3.63, 3.8) is 0 Å². The molecule has 0 aliphatic heterocycles. The number of aromatic amines is 1. The molecule has 2 aromatic heterocycles. The molecule has 1 unspecified atom stereocenters. The van der Waals surface area contributed by atoms with Gasteiger partial charge >= 0.3 is 0 Å². The summed E-state index contributed by atoms with van der Waals surface area (Å²) in [7, 11) is 0.333. The van der Waals surface area contributed by atoms with Gasteiger partial charge in [-0.25, -0.2) is 22.4 Å². The molecular weight excluding hydrogens is 450 g/mol. The molecule has 34 heavy (non-hydrogen) atoms. The standard InChI is InChI=1S/C24H31N7O2S/c1-15(2)34(32,33)31-20-13-18(11-12-19(20)27-24(31)25)23-22(17-9-7-6-8-10-17)28-21(29-23)14-26-16(3)30(4)5/h6-13,15-16,26H,14H2,1-5H3,(H2,25,27)(H,28,29). The molecule has 4 N–H and O–H groups in total. The van der Waals surface area contributed by atoms with Gasteiger partial charge in [0, 0.05) is 11.1 Å². The van der Waals surface area contributed by atoms with Crippen molar-refractivity contribution in [2.24, 2.45) is 0 Å². The summed E-state index contributed by atoms with van der Waals surface area (Å²) < 4.78 is 27.1. The molecule has 9 nitrogen and oxygen atoms in total. The number of rotatable bonds is 8. The minimum atomic E-state index is -3.69. The molecule has 180 valence electrons. The molecule has 0 spiro atoms. The second-order valence-corrected chi connectivity index (χ2v) is 11.2. The van der Waals surface area contributed by atoms with Gasteiger partial charge in [0.15, 0.2) is 0 Å². The van der Waals surface area contributed by atoms with Crippen LogP contribution in [0.1, 0.15) is 26.6 Å². The molecule has 0 saturated heterocycles. The third-order valence-corrected chi connectivity index (χ3v) is 8.00. The first-order chi connectivity index (χ1) is 16.1. The average Bonchev–Trinajstić information content (AvgIpc) is 3.37. The number of hydrogen-bond acceptors (Lipinski definition) is 7. The highest BCUT2D eigenvalue weighted by Crippen LogP contribution is 2.33. The Morgan fingerprint density at radius 1 is 1.06 bits per heavy atom. The predicted molar refractivity (Wildman–Crippen MR) is 137 cm³/mol. The summed E-state index contributed by atoms with van der Waals surface area (Å²) in [4.78, 5) is 14.7. The van der Waals surface area contributed by atoms with Gasteiger partial charge in [-0.15, -0.1) is 0 Å². The van der Waals surface area contributed by atoms with Crippen molar-refractivity contribution in [1.82, 2.24) is 29.1 Å². The van der Waals surface area contributed by atoms with Crippen molar-refractivity contribution in [2.45, 2.75) is 38.7 Å². The van der Waals surface area contributed by atoms with E-state index in [0.717, 1.165) is 32.3 Å². The smallest absolute Gasteiger partial charge is 0.244 e. The normalized spacial score (nSPS) is 13.3. The van der Waals surface area contributed by atoms with Crippen molar-refractivity contribution < 1.29 is 8.42 Å². The van der Waals surface area contributed by atoms with E-state index in [4.69, 9.17) is 10.7 Å². The summed E-state index contributed by atoms with van der Waals surface area (Å²) in [5.41, 5.74) is 10.3. The Balaban J connectivity index is 1.85. The van der Waals surface area contributed by atoms with Crippen LogP contribution in [0, 0.1) is 0 Å². The lowest BCUT2D eigenvalue weighted by molar-refractivity contribution is 0.262. The third kappa shape index (κ3) is 4.44. The second-order valence-electron chi connectivity index (χ2n) is 8.83. The Labute approximate surface area is 200 Å². The number of aromatic nitrogens is 4. The van der Waals surface area contributed by atoms with Crippen LogP contribution in [0.15, 0.2) is 48.5 Å². The van der Waals surface area contributed by atoms with E-state index >= 15 is 0 Å². The lowest BCUT2D eigenvalue weighted by Crippen LogP contribution is -2.38. The van der Waals surface area contributed by atoms with Gasteiger partial charge in [0.05, 0.1) is 40.4 Å². The summed E-state index contributed by atoms with van der Waals surface area (Å²) in [5.74, 6) is 0.735. The molecule has 0 aliphatic carbocycles. The zero-order chi connectivity index (χ0) is 24.6. The zero-order valence-electron chi connectivity index (χ0n) is 20.1. The first-order valence-electron chi connectivity index (χ1n) is 11.2. The number of nitrogens with zero attached hydrogens (tertiary/aromatic N) is 4. The second kappa shape index (κ2) is 9.21. The van der Waals surface area contributed by atoms with Gasteiger partial charge in [-0.1, -0.05) is 36.4 Å². The molecule has 0 saturated carbocycles. The molecule has 10 heteroatoms. The number of fused-ring (bicyclic) bond motifs is 1. The van der Waals surface area contributed by atoms with E-state index in [1.807, 2.05) is 50.5 Å². The van der Waals surface area contributed by atoms with Crippen molar-refractivity contribution in [1.29, 1.82) is 0 Å². The maximum absolute atomic E-state index is 13.0. The molecule has 1 atom stereocenters. The van der Waals surface area contributed by atoms with Gasteiger partial charge in [0.1, 0.15) is 5.82 Å². The van der Waals surface area contributed by atoms with Crippen LogP contribution < -0.4 is 11.1 Å². The molecule has 4 rings (SSSR count). The number of nitrogens with two attached hydrogens (primary N) is 1. The monoisotopic (exact) mass is 481 g/mol. The van der Waals surface area contributed by atoms with Crippen LogP contribution in [-0.4, -0.2) is 57.8 Å². The Morgan fingerprint density at radius 3 is 2.41 bits per heavy atom. The summed E-state index contributed by atoms with van der Waals surface area (Å²) in [6, 6.07) is 15.4. The summed E-state index contributed by atoms with van der Waals surface area (Å²) in [5, 5.41) is 2.80. The van der Waals surface area contributed by atoms with Crippen LogP contribution in [0.25, 0.3) is 33.5 Å². The highest BCUT2D eigenvalue weighted by Gasteiger charge is 2.25. The number of benzene rings is 2. The van der Waals surface area contributed by atoms with E-state index in [1.165, 1.54) is 0 Å². The van der Waals surface area contributed by atoms with E-state index in [0.29, 0.717) is 17.6 Å². The largest absolute Gasteiger partial charge is 0.368 e. The van der Waals surface area contributed by atoms with E-state index in [2.05, 4.69) is 27.1 Å². The highest BCUT2D eigenvalue weighted by atomic mass is 32.2. The van der Waals surface area contributed by atoms with E-state index in [1.54, 1.807) is 26.0 Å². The molecular formula is C24H31N7O2S. The molecule has 0 fully saturated rings. The Bertz CT molecular complexity index is 1410. The van der Waals surface area contributed by atoms with Gasteiger partial charge in [-0.05, 0) is 47.0 Å². The minimum absolute atomic E-state index is 0.0475. The number of H-pyrrole nitrogens is 1. The number of nitrogens with one attached hydrogen (secondary N) is 2. The fraction of sp³-hybridized carbons (Fsp3) is 0.333. The number of nitrogen functional groups attached to an aromatic ring is 1. The molecule has 4 aromatic rings. The Morgan fingerprint density at radius 2 is 1.76 bits per heavy atom. The minimum Gasteiger partial charge on any atom is -0.368 e.